The summed E-state index contributed by atoms with van der Waals surface area (Å²) in [6, 6.07) is 6.95. The summed E-state index contributed by atoms with van der Waals surface area (Å²) < 4.78 is 13.3. The van der Waals surface area contributed by atoms with E-state index in [4.69, 9.17) is 0 Å². The first-order valence-corrected chi connectivity index (χ1v) is 8.72. The van der Waals surface area contributed by atoms with E-state index in [2.05, 4.69) is 10.6 Å². The molecule has 1 aromatic carbocycles. The van der Waals surface area contributed by atoms with Crippen molar-refractivity contribution < 1.29 is 9.18 Å². The maximum absolute atomic E-state index is 13.3. The van der Waals surface area contributed by atoms with Crippen molar-refractivity contribution in [3.63, 3.8) is 0 Å². The van der Waals surface area contributed by atoms with Crippen LogP contribution >= 0.6 is 11.8 Å². The van der Waals surface area contributed by atoms with Crippen LogP contribution in [0.25, 0.3) is 0 Å². The molecule has 3 nitrogen and oxygen atoms in total. The van der Waals surface area contributed by atoms with Crippen molar-refractivity contribution in [3.8, 4) is 0 Å². The Kier molecular flexibility index (Phi) is 4.38. The van der Waals surface area contributed by atoms with Crippen molar-refractivity contribution in [3.05, 3.63) is 35.6 Å². The van der Waals surface area contributed by atoms with Crippen LogP contribution in [0.1, 0.15) is 31.2 Å². The van der Waals surface area contributed by atoms with Crippen molar-refractivity contribution in [2.75, 3.05) is 18.1 Å². The summed E-state index contributed by atoms with van der Waals surface area (Å²) in [6.07, 6.45) is 4.12. The van der Waals surface area contributed by atoms with Gasteiger partial charge >= 0.3 is 6.03 Å². The van der Waals surface area contributed by atoms with E-state index in [9.17, 15) is 9.18 Å². The van der Waals surface area contributed by atoms with Crippen LogP contribution in [0.3, 0.4) is 0 Å². The van der Waals surface area contributed by atoms with Crippen LogP contribution in [0.5, 0.6) is 0 Å². The molecule has 1 aliphatic heterocycles. The number of benzene rings is 1. The second-order valence-corrected chi connectivity index (χ2v) is 7.23. The van der Waals surface area contributed by atoms with Crippen LogP contribution < -0.4 is 10.6 Å². The van der Waals surface area contributed by atoms with Crippen LogP contribution in [0.2, 0.25) is 0 Å². The summed E-state index contributed by atoms with van der Waals surface area (Å²) in [6.45, 7) is 0.587. The molecule has 0 aromatic heterocycles. The van der Waals surface area contributed by atoms with Gasteiger partial charge in [0.25, 0.3) is 0 Å². The smallest absolute Gasteiger partial charge is 0.315 e. The molecule has 1 aliphatic carbocycles. The summed E-state index contributed by atoms with van der Waals surface area (Å²) in [5, 5.41) is 6.02. The van der Waals surface area contributed by atoms with Gasteiger partial charge in [0.2, 0.25) is 0 Å². The zero-order valence-electron chi connectivity index (χ0n) is 12.0. The zero-order chi connectivity index (χ0) is 14.7. The second-order valence-electron chi connectivity index (χ2n) is 6.00. The molecular formula is C16H21FN2OS. The predicted octanol–water partition coefficient (Wildman–Crippen LogP) is 3.05. The number of halogens is 1. The van der Waals surface area contributed by atoms with Gasteiger partial charge in [-0.05, 0) is 54.9 Å². The highest BCUT2D eigenvalue weighted by molar-refractivity contribution is 7.99. The number of nitrogens with one attached hydrogen (secondary N) is 2. The Labute approximate surface area is 129 Å². The van der Waals surface area contributed by atoms with Crippen LogP contribution in [0, 0.1) is 5.82 Å². The van der Waals surface area contributed by atoms with Crippen molar-refractivity contribution in [1.29, 1.82) is 0 Å². The molecule has 0 atom stereocenters. The van der Waals surface area contributed by atoms with Gasteiger partial charge in [0.1, 0.15) is 5.82 Å². The maximum atomic E-state index is 13.3. The monoisotopic (exact) mass is 308 g/mol. The first kappa shape index (κ1) is 14.7. The van der Waals surface area contributed by atoms with Gasteiger partial charge in [-0.2, -0.15) is 11.8 Å². The molecule has 1 aromatic rings. The Morgan fingerprint density at radius 2 is 2.10 bits per heavy atom. The lowest BCUT2D eigenvalue weighted by Crippen LogP contribution is -2.45. The Morgan fingerprint density at radius 3 is 2.76 bits per heavy atom. The number of thioether (sulfide) groups is 1. The molecule has 2 aliphatic rings. The molecule has 21 heavy (non-hydrogen) atoms. The molecule has 2 amide bonds. The summed E-state index contributed by atoms with van der Waals surface area (Å²) in [5.41, 5.74) is 0.943. The van der Waals surface area contributed by atoms with Gasteiger partial charge in [-0.25, -0.2) is 9.18 Å². The second kappa shape index (κ2) is 6.26. The topological polar surface area (TPSA) is 41.1 Å². The fourth-order valence-electron chi connectivity index (χ4n) is 2.86. The lowest BCUT2D eigenvalue weighted by Gasteiger charge is -2.23. The number of carbonyl (C=O) groups excluding carboxylic acids is 1. The van der Waals surface area contributed by atoms with E-state index in [1.807, 2.05) is 17.8 Å². The van der Waals surface area contributed by atoms with Gasteiger partial charge in [0.15, 0.2) is 0 Å². The molecule has 114 valence electrons. The summed E-state index contributed by atoms with van der Waals surface area (Å²) >= 11 is 1.94. The molecule has 1 saturated heterocycles. The van der Waals surface area contributed by atoms with Gasteiger partial charge in [0.05, 0.1) is 0 Å². The van der Waals surface area contributed by atoms with Crippen molar-refractivity contribution in [2.45, 2.75) is 37.1 Å². The lowest BCUT2D eigenvalue weighted by molar-refractivity contribution is 0.235. The number of hydrogen-bond acceptors (Lipinski definition) is 2. The normalized spacial score (nSPS) is 20.8. The summed E-state index contributed by atoms with van der Waals surface area (Å²) in [7, 11) is 0. The third-order valence-electron chi connectivity index (χ3n) is 4.43. The van der Waals surface area contributed by atoms with Crippen LogP contribution in [0.4, 0.5) is 9.18 Å². The number of carbonyl (C=O) groups is 1. The van der Waals surface area contributed by atoms with E-state index in [1.165, 1.54) is 6.07 Å². The Bertz CT molecular complexity index is 513. The molecule has 0 radical (unpaired) electrons. The largest absolute Gasteiger partial charge is 0.337 e. The van der Waals surface area contributed by atoms with E-state index in [-0.39, 0.29) is 17.3 Å². The third kappa shape index (κ3) is 3.70. The van der Waals surface area contributed by atoms with Gasteiger partial charge in [-0.15, -0.1) is 0 Å². The van der Waals surface area contributed by atoms with Crippen LogP contribution in [0.15, 0.2) is 24.3 Å². The first-order valence-electron chi connectivity index (χ1n) is 7.56. The molecule has 5 heteroatoms. The predicted molar refractivity (Wildman–Crippen MR) is 84.2 cm³/mol. The number of urea groups is 1. The van der Waals surface area contributed by atoms with E-state index in [0.29, 0.717) is 12.6 Å². The van der Waals surface area contributed by atoms with E-state index in [0.717, 1.165) is 42.8 Å². The summed E-state index contributed by atoms with van der Waals surface area (Å²) in [4.78, 5) is 12.0. The number of amides is 2. The van der Waals surface area contributed by atoms with Crippen LogP contribution in [-0.4, -0.2) is 30.1 Å². The average molecular weight is 308 g/mol. The molecular weight excluding hydrogens is 287 g/mol. The Balaban J connectivity index is 1.51. The van der Waals surface area contributed by atoms with Gasteiger partial charge in [0, 0.05) is 18.0 Å². The molecule has 1 saturated carbocycles. The van der Waals surface area contributed by atoms with Crippen molar-refractivity contribution >= 4 is 17.8 Å². The molecule has 3 rings (SSSR count). The van der Waals surface area contributed by atoms with Crippen molar-refractivity contribution in [1.82, 2.24) is 10.6 Å². The van der Waals surface area contributed by atoms with Gasteiger partial charge in [-0.1, -0.05) is 12.1 Å². The minimum Gasteiger partial charge on any atom is -0.337 e. The third-order valence-corrected chi connectivity index (χ3v) is 5.48. The molecule has 2 N–H and O–H groups in total. The minimum atomic E-state index is -0.206. The SMILES string of the molecule is O=C(NCC1(c2cccc(F)c2)CC1)NC1CCSCC1. The zero-order valence-corrected chi connectivity index (χ0v) is 12.8. The Hall–Kier alpha value is -1.23. The maximum Gasteiger partial charge on any atom is 0.315 e. The standard InChI is InChI=1S/C16H21FN2OS/c17-13-3-1-2-12(10-13)16(6-7-16)11-18-15(20)19-14-4-8-21-9-5-14/h1-3,10,14H,4-9,11H2,(H2,18,19,20). The molecule has 0 unspecified atom stereocenters. The fourth-order valence-corrected chi connectivity index (χ4v) is 3.97. The van der Waals surface area contributed by atoms with Gasteiger partial charge < -0.3 is 10.6 Å². The number of hydrogen-bond donors (Lipinski definition) is 2. The van der Waals surface area contributed by atoms with E-state index >= 15 is 0 Å². The van der Waals surface area contributed by atoms with E-state index in [1.54, 1.807) is 12.1 Å². The Morgan fingerprint density at radius 1 is 1.33 bits per heavy atom. The highest BCUT2D eigenvalue weighted by atomic mass is 32.2. The average Bonchev–Trinajstić information content (AvgIpc) is 3.28. The minimum absolute atomic E-state index is 0.0537. The lowest BCUT2D eigenvalue weighted by atomic mass is 9.96. The quantitative estimate of drug-likeness (QED) is 0.897. The fraction of sp³-hybridized carbons (Fsp3) is 0.562. The molecule has 1 heterocycles. The first-order chi connectivity index (χ1) is 10.2. The van der Waals surface area contributed by atoms with Crippen LogP contribution in [-0.2, 0) is 5.41 Å². The van der Waals surface area contributed by atoms with Crippen molar-refractivity contribution in [2.24, 2.45) is 0 Å². The highest BCUT2D eigenvalue weighted by Gasteiger charge is 2.44. The number of rotatable bonds is 4. The molecule has 2 fully saturated rings. The molecule has 0 bridgehead atoms. The highest BCUT2D eigenvalue weighted by Crippen LogP contribution is 2.47. The summed E-state index contributed by atoms with van der Waals surface area (Å²) in [5.74, 6) is 2.04. The van der Waals surface area contributed by atoms with E-state index < -0.39 is 0 Å². The molecule has 0 spiro atoms. The van der Waals surface area contributed by atoms with Gasteiger partial charge in [-0.3, -0.25) is 0 Å².